The van der Waals surface area contributed by atoms with Gasteiger partial charge < -0.3 is 9.47 Å². The zero-order valence-electron chi connectivity index (χ0n) is 12.1. The molecule has 106 valence electrons. The number of hydrogen-bond acceptors (Lipinski definition) is 3. The van der Waals surface area contributed by atoms with Crippen molar-refractivity contribution >= 4 is 5.78 Å². The van der Waals surface area contributed by atoms with Crippen molar-refractivity contribution in [3.05, 3.63) is 29.8 Å². The van der Waals surface area contributed by atoms with Crippen molar-refractivity contribution in [2.24, 2.45) is 0 Å². The van der Waals surface area contributed by atoms with Gasteiger partial charge in [0, 0.05) is 13.0 Å². The van der Waals surface area contributed by atoms with Gasteiger partial charge in [0.2, 0.25) is 0 Å². The topological polar surface area (TPSA) is 35.5 Å². The lowest BCUT2D eigenvalue weighted by Crippen LogP contribution is -2.16. The number of ketones is 1. The van der Waals surface area contributed by atoms with Crippen LogP contribution in [-0.4, -0.2) is 19.0 Å². The van der Waals surface area contributed by atoms with E-state index in [4.69, 9.17) is 9.47 Å². The number of benzene rings is 1. The third-order valence-corrected chi connectivity index (χ3v) is 2.75. The molecule has 1 aromatic rings. The largest absolute Gasteiger partial charge is 0.494 e. The van der Waals surface area contributed by atoms with Gasteiger partial charge in [0.05, 0.1) is 6.61 Å². The SMILES string of the molecule is CCCOC(C(=O)CCC)c1cccc(OCC)c1. The molecule has 1 unspecified atom stereocenters. The van der Waals surface area contributed by atoms with Gasteiger partial charge in [0.15, 0.2) is 5.78 Å². The van der Waals surface area contributed by atoms with Crippen molar-refractivity contribution in [1.82, 2.24) is 0 Å². The molecule has 19 heavy (non-hydrogen) atoms. The highest BCUT2D eigenvalue weighted by Crippen LogP contribution is 2.24. The van der Waals surface area contributed by atoms with Crippen LogP contribution in [0.25, 0.3) is 0 Å². The minimum Gasteiger partial charge on any atom is -0.494 e. The third-order valence-electron chi connectivity index (χ3n) is 2.75. The van der Waals surface area contributed by atoms with Gasteiger partial charge in [-0.3, -0.25) is 4.79 Å². The highest BCUT2D eigenvalue weighted by Gasteiger charge is 2.20. The van der Waals surface area contributed by atoms with E-state index < -0.39 is 6.10 Å². The predicted octanol–water partition coefficient (Wildman–Crippen LogP) is 3.92. The monoisotopic (exact) mass is 264 g/mol. The molecule has 0 heterocycles. The van der Waals surface area contributed by atoms with E-state index in [9.17, 15) is 4.79 Å². The lowest BCUT2D eigenvalue weighted by molar-refractivity contribution is -0.131. The Morgan fingerprint density at radius 3 is 2.63 bits per heavy atom. The van der Waals surface area contributed by atoms with Crippen LogP contribution in [-0.2, 0) is 9.53 Å². The highest BCUT2D eigenvalue weighted by molar-refractivity contribution is 5.84. The first kappa shape index (κ1) is 15.7. The molecule has 0 aliphatic heterocycles. The van der Waals surface area contributed by atoms with Gasteiger partial charge in [-0.2, -0.15) is 0 Å². The van der Waals surface area contributed by atoms with Crippen LogP contribution < -0.4 is 4.74 Å². The molecule has 0 bridgehead atoms. The van der Waals surface area contributed by atoms with Crippen LogP contribution in [0.2, 0.25) is 0 Å². The normalized spacial score (nSPS) is 12.2. The molecule has 0 saturated carbocycles. The van der Waals surface area contributed by atoms with Crippen molar-refractivity contribution in [3.8, 4) is 5.75 Å². The fraction of sp³-hybridized carbons (Fsp3) is 0.562. The fourth-order valence-electron chi connectivity index (χ4n) is 1.92. The Balaban J connectivity index is 2.88. The first-order valence-corrected chi connectivity index (χ1v) is 7.09. The summed E-state index contributed by atoms with van der Waals surface area (Å²) < 4.78 is 11.2. The Labute approximate surface area is 115 Å². The maximum atomic E-state index is 12.2. The van der Waals surface area contributed by atoms with E-state index in [2.05, 4.69) is 0 Å². The first-order valence-electron chi connectivity index (χ1n) is 7.09. The Bertz CT molecular complexity index is 387. The Morgan fingerprint density at radius 2 is 2.00 bits per heavy atom. The second-order valence-corrected chi connectivity index (χ2v) is 4.47. The smallest absolute Gasteiger partial charge is 0.166 e. The summed E-state index contributed by atoms with van der Waals surface area (Å²) in [5, 5.41) is 0. The number of hydrogen-bond donors (Lipinski definition) is 0. The number of carbonyl (C=O) groups is 1. The van der Waals surface area contributed by atoms with Gasteiger partial charge in [-0.1, -0.05) is 26.0 Å². The molecule has 3 heteroatoms. The van der Waals surface area contributed by atoms with Gasteiger partial charge in [-0.25, -0.2) is 0 Å². The van der Waals surface area contributed by atoms with Crippen LogP contribution >= 0.6 is 0 Å². The molecule has 1 atom stereocenters. The average molecular weight is 264 g/mol. The van der Waals surface area contributed by atoms with Crippen molar-refractivity contribution in [3.63, 3.8) is 0 Å². The molecular weight excluding hydrogens is 240 g/mol. The van der Waals surface area contributed by atoms with Gasteiger partial charge in [-0.15, -0.1) is 0 Å². The van der Waals surface area contributed by atoms with Crippen LogP contribution in [0.5, 0.6) is 5.75 Å². The summed E-state index contributed by atoms with van der Waals surface area (Å²) in [5.41, 5.74) is 0.887. The quantitative estimate of drug-likeness (QED) is 0.678. The summed E-state index contributed by atoms with van der Waals surface area (Å²) in [6.07, 6.45) is 1.84. The summed E-state index contributed by atoms with van der Waals surface area (Å²) >= 11 is 0. The minimum atomic E-state index is -0.458. The van der Waals surface area contributed by atoms with Crippen molar-refractivity contribution in [1.29, 1.82) is 0 Å². The molecule has 0 radical (unpaired) electrons. The van der Waals surface area contributed by atoms with Crippen LogP contribution in [0.1, 0.15) is 51.7 Å². The molecule has 0 amide bonds. The van der Waals surface area contributed by atoms with Crippen LogP contribution in [0.4, 0.5) is 0 Å². The van der Waals surface area contributed by atoms with Gasteiger partial charge >= 0.3 is 0 Å². The summed E-state index contributed by atoms with van der Waals surface area (Å²) in [6, 6.07) is 7.63. The maximum absolute atomic E-state index is 12.2. The van der Waals surface area contributed by atoms with Crippen molar-refractivity contribution in [2.75, 3.05) is 13.2 Å². The molecule has 0 aromatic heterocycles. The lowest BCUT2D eigenvalue weighted by atomic mass is 10.0. The molecule has 0 spiro atoms. The van der Waals surface area contributed by atoms with E-state index in [0.29, 0.717) is 19.6 Å². The number of carbonyl (C=O) groups excluding carboxylic acids is 1. The summed E-state index contributed by atoms with van der Waals surface area (Å²) in [7, 11) is 0. The summed E-state index contributed by atoms with van der Waals surface area (Å²) in [5.74, 6) is 0.930. The van der Waals surface area contributed by atoms with Gasteiger partial charge in [0.1, 0.15) is 11.9 Å². The lowest BCUT2D eigenvalue weighted by Gasteiger charge is -2.17. The summed E-state index contributed by atoms with van der Waals surface area (Å²) in [4.78, 5) is 12.2. The first-order chi connectivity index (χ1) is 9.22. The second kappa shape index (κ2) is 8.70. The zero-order valence-corrected chi connectivity index (χ0v) is 12.1. The summed E-state index contributed by atoms with van der Waals surface area (Å²) in [6.45, 7) is 7.20. The number of rotatable bonds is 9. The van der Waals surface area contributed by atoms with E-state index in [-0.39, 0.29) is 5.78 Å². The van der Waals surface area contributed by atoms with Crippen LogP contribution in [0.15, 0.2) is 24.3 Å². The van der Waals surface area contributed by atoms with Gasteiger partial charge in [-0.05, 0) is 37.5 Å². The Kier molecular flexibility index (Phi) is 7.19. The number of Topliss-reactive ketones (excluding diaryl/α,β-unsaturated/α-hetero) is 1. The van der Waals surface area contributed by atoms with Crippen LogP contribution in [0, 0.1) is 0 Å². The van der Waals surface area contributed by atoms with E-state index in [1.807, 2.05) is 45.0 Å². The molecule has 0 N–H and O–H groups in total. The maximum Gasteiger partial charge on any atom is 0.166 e. The van der Waals surface area contributed by atoms with Crippen molar-refractivity contribution < 1.29 is 14.3 Å². The molecule has 3 nitrogen and oxygen atoms in total. The van der Waals surface area contributed by atoms with E-state index in [0.717, 1.165) is 24.2 Å². The average Bonchev–Trinajstić information content (AvgIpc) is 2.40. The predicted molar refractivity (Wildman–Crippen MR) is 76.5 cm³/mol. The van der Waals surface area contributed by atoms with Crippen molar-refractivity contribution in [2.45, 2.75) is 46.1 Å². The molecule has 0 aliphatic rings. The van der Waals surface area contributed by atoms with E-state index >= 15 is 0 Å². The number of ether oxygens (including phenoxy) is 2. The molecular formula is C16H24O3. The zero-order chi connectivity index (χ0) is 14.1. The fourth-order valence-corrected chi connectivity index (χ4v) is 1.92. The standard InChI is InChI=1S/C16H24O3/c1-4-8-15(17)16(19-11-5-2)13-9-7-10-14(12-13)18-6-3/h7,9-10,12,16H,4-6,8,11H2,1-3H3. The second-order valence-electron chi connectivity index (χ2n) is 4.47. The van der Waals surface area contributed by atoms with E-state index in [1.54, 1.807) is 0 Å². The Hall–Kier alpha value is -1.35. The van der Waals surface area contributed by atoms with E-state index in [1.165, 1.54) is 0 Å². The van der Waals surface area contributed by atoms with Crippen LogP contribution in [0.3, 0.4) is 0 Å². The molecule has 0 fully saturated rings. The molecule has 1 rings (SSSR count). The molecule has 0 aliphatic carbocycles. The van der Waals surface area contributed by atoms with Gasteiger partial charge in [0.25, 0.3) is 0 Å². The molecule has 1 aromatic carbocycles. The molecule has 0 saturated heterocycles. The minimum absolute atomic E-state index is 0.143. The highest BCUT2D eigenvalue weighted by atomic mass is 16.5. The Morgan fingerprint density at radius 1 is 1.21 bits per heavy atom. The third kappa shape index (κ3) is 5.03.